The van der Waals surface area contributed by atoms with Crippen molar-refractivity contribution in [3.8, 4) is 0 Å². The van der Waals surface area contributed by atoms with Crippen LogP contribution in [0.1, 0.15) is 39.9 Å². The summed E-state index contributed by atoms with van der Waals surface area (Å²) in [5, 5.41) is 17.7. The van der Waals surface area contributed by atoms with Crippen molar-refractivity contribution >= 4 is 11.6 Å². The van der Waals surface area contributed by atoms with Gasteiger partial charge in [0.15, 0.2) is 0 Å². The van der Waals surface area contributed by atoms with Crippen molar-refractivity contribution in [1.82, 2.24) is 15.1 Å². The molecule has 3 aliphatic heterocycles. The van der Waals surface area contributed by atoms with Gasteiger partial charge in [0.25, 0.3) is 5.91 Å². The number of benzene rings is 2. The summed E-state index contributed by atoms with van der Waals surface area (Å²) in [6, 6.07) is 14.7. The van der Waals surface area contributed by atoms with Crippen molar-refractivity contribution in [2.75, 3.05) is 51.1 Å². The smallest absolute Gasteiger partial charge is 0.254 e. The van der Waals surface area contributed by atoms with E-state index >= 15 is 0 Å². The molecule has 0 saturated carbocycles. The Bertz CT molecular complexity index is 972. The van der Waals surface area contributed by atoms with E-state index in [1.807, 2.05) is 17.0 Å². The number of anilines is 1. The number of fused-ring (bicyclic) bond motifs is 2. The lowest BCUT2D eigenvalue weighted by Crippen LogP contribution is -2.46. The van der Waals surface area contributed by atoms with Gasteiger partial charge in [0.1, 0.15) is 0 Å². The van der Waals surface area contributed by atoms with Crippen molar-refractivity contribution in [3.05, 3.63) is 64.7 Å². The first-order chi connectivity index (χ1) is 16.2. The van der Waals surface area contributed by atoms with Crippen molar-refractivity contribution in [2.45, 2.75) is 38.3 Å². The van der Waals surface area contributed by atoms with Gasteiger partial charge in [0, 0.05) is 50.5 Å². The maximum Gasteiger partial charge on any atom is 0.254 e. The second kappa shape index (κ2) is 10.2. The first-order valence-corrected chi connectivity index (χ1v) is 12.5. The minimum absolute atomic E-state index is 0.0456. The van der Waals surface area contributed by atoms with E-state index in [1.165, 1.54) is 24.0 Å². The van der Waals surface area contributed by atoms with Gasteiger partial charge in [-0.3, -0.25) is 9.69 Å². The fourth-order valence-electron chi connectivity index (χ4n) is 5.49. The molecule has 3 N–H and O–H groups in total. The average molecular weight is 449 g/mol. The normalized spacial score (nSPS) is 20.3. The summed E-state index contributed by atoms with van der Waals surface area (Å²) in [5.41, 5.74) is 5.78. The minimum Gasteiger partial charge on any atom is -0.390 e. The summed E-state index contributed by atoms with van der Waals surface area (Å²) < 4.78 is 0. The molecular formula is C27H36N4O2. The molecule has 0 spiro atoms. The average Bonchev–Trinajstić information content (AvgIpc) is 2.85. The number of hydrogen-bond acceptors (Lipinski definition) is 5. The molecule has 0 bridgehead atoms. The summed E-state index contributed by atoms with van der Waals surface area (Å²) in [5.74, 6) is 0.762. The molecule has 1 atom stereocenters. The van der Waals surface area contributed by atoms with E-state index in [0.717, 1.165) is 62.4 Å². The topological polar surface area (TPSA) is 67.8 Å². The molecule has 5 rings (SSSR count). The van der Waals surface area contributed by atoms with Crippen molar-refractivity contribution < 1.29 is 9.90 Å². The lowest BCUT2D eigenvalue weighted by molar-refractivity contribution is 0.0493. The Balaban J connectivity index is 1.14. The van der Waals surface area contributed by atoms with Crippen LogP contribution in [0.4, 0.5) is 5.69 Å². The molecule has 6 nitrogen and oxygen atoms in total. The largest absolute Gasteiger partial charge is 0.390 e. The number of carbonyl (C=O) groups excluding carboxylic acids is 1. The van der Waals surface area contributed by atoms with Crippen molar-refractivity contribution in [2.24, 2.45) is 5.92 Å². The van der Waals surface area contributed by atoms with Gasteiger partial charge in [0.2, 0.25) is 0 Å². The molecule has 3 heterocycles. The van der Waals surface area contributed by atoms with Gasteiger partial charge in [-0.15, -0.1) is 0 Å². The van der Waals surface area contributed by atoms with Crippen LogP contribution in [-0.4, -0.2) is 72.7 Å². The van der Waals surface area contributed by atoms with Gasteiger partial charge in [-0.05, 0) is 79.6 Å². The molecule has 33 heavy (non-hydrogen) atoms. The predicted octanol–water partition coefficient (Wildman–Crippen LogP) is 2.52. The Labute approximate surface area is 197 Å². The third kappa shape index (κ3) is 5.40. The van der Waals surface area contributed by atoms with Gasteiger partial charge < -0.3 is 20.6 Å². The third-order valence-electron chi connectivity index (χ3n) is 7.44. The fraction of sp³-hybridized carbons (Fsp3) is 0.519. The number of β-amino-alcohol motifs (C(OH)–C–C–N with tert-alkyl or cyclic N) is 1. The van der Waals surface area contributed by atoms with Crippen LogP contribution in [-0.2, 0) is 19.4 Å². The number of carbonyl (C=O) groups is 1. The zero-order valence-electron chi connectivity index (χ0n) is 19.4. The first-order valence-electron chi connectivity index (χ1n) is 12.5. The number of amides is 1. The van der Waals surface area contributed by atoms with Crippen LogP contribution in [0.15, 0.2) is 42.5 Å². The van der Waals surface area contributed by atoms with Crippen molar-refractivity contribution in [1.29, 1.82) is 0 Å². The van der Waals surface area contributed by atoms with Gasteiger partial charge in [-0.2, -0.15) is 0 Å². The molecule has 0 aromatic heterocycles. The molecular weight excluding hydrogens is 412 g/mol. The number of aliphatic hydroxyl groups excluding tert-OH is 1. The van der Waals surface area contributed by atoms with Gasteiger partial charge in [-0.1, -0.05) is 24.3 Å². The van der Waals surface area contributed by atoms with Crippen LogP contribution in [0.5, 0.6) is 0 Å². The highest BCUT2D eigenvalue weighted by Crippen LogP contribution is 2.24. The maximum absolute atomic E-state index is 13.1. The zero-order valence-corrected chi connectivity index (χ0v) is 19.4. The molecule has 176 valence electrons. The standard InChI is InChI=1S/C27H36N4O2/c32-25(18-30-13-9-21-3-1-2-4-23(21)17-30)19-31-14-10-22-15-24(5-6-26(22)27(31)33)29-16-20-7-11-28-12-8-20/h1-6,15,20,25,28-29,32H,7-14,16-19H2. The molecule has 1 saturated heterocycles. The summed E-state index contributed by atoms with van der Waals surface area (Å²) in [4.78, 5) is 17.2. The highest BCUT2D eigenvalue weighted by Gasteiger charge is 2.27. The number of nitrogens with zero attached hydrogens (tertiary/aromatic N) is 2. The number of piperidine rings is 1. The SMILES string of the molecule is O=C1c2ccc(NCC3CCNCC3)cc2CCN1CC(O)CN1CCc2ccccc2C1. The second-order valence-electron chi connectivity index (χ2n) is 9.86. The lowest BCUT2D eigenvalue weighted by Gasteiger charge is -2.34. The fourth-order valence-corrected chi connectivity index (χ4v) is 5.49. The zero-order chi connectivity index (χ0) is 22.6. The second-order valence-corrected chi connectivity index (χ2v) is 9.86. The molecule has 2 aromatic carbocycles. The number of aliphatic hydroxyl groups is 1. The van der Waals surface area contributed by atoms with Crippen molar-refractivity contribution in [3.63, 3.8) is 0 Å². The van der Waals surface area contributed by atoms with E-state index in [4.69, 9.17) is 0 Å². The van der Waals surface area contributed by atoms with E-state index in [2.05, 4.69) is 45.9 Å². The molecule has 1 fully saturated rings. The van der Waals surface area contributed by atoms with Crippen LogP contribution < -0.4 is 10.6 Å². The molecule has 6 heteroatoms. The van der Waals surface area contributed by atoms with E-state index in [9.17, 15) is 9.90 Å². The Morgan fingerprint density at radius 3 is 2.64 bits per heavy atom. The molecule has 3 aliphatic rings. The molecule has 2 aromatic rings. The van der Waals surface area contributed by atoms with Crippen LogP contribution in [0.2, 0.25) is 0 Å². The predicted molar refractivity (Wildman–Crippen MR) is 132 cm³/mol. The van der Waals surface area contributed by atoms with Gasteiger partial charge in [0.05, 0.1) is 6.10 Å². The van der Waals surface area contributed by atoms with Crippen LogP contribution in [0.3, 0.4) is 0 Å². The highest BCUT2D eigenvalue weighted by atomic mass is 16.3. The van der Waals surface area contributed by atoms with Gasteiger partial charge in [-0.25, -0.2) is 0 Å². The summed E-state index contributed by atoms with van der Waals surface area (Å²) in [6.45, 7) is 6.71. The van der Waals surface area contributed by atoms with E-state index in [-0.39, 0.29) is 5.91 Å². The summed E-state index contributed by atoms with van der Waals surface area (Å²) in [7, 11) is 0. The van der Waals surface area contributed by atoms with Crippen LogP contribution in [0.25, 0.3) is 0 Å². The molecule has 0 radical (unpaired) electrons. The quantitative estimate of drug-likeness (QED) is 0.607. The third-order valence-corrected chi connectivity index (χ3v) is 7.44. The highest BCUT2D eigenvalue weighted by molar-refractivity contribution is 5.97. The van der Waals surface area contributed by atoms with Crippen LogP contribution >= 0.6 is 0 Å². The lowest BCUT2D eigenvalue weighted by atomic mass is 9.96. The summed E-state index contributed by atoms with van der Waals surface area (Å²) >= 11 is 0. The van der Waals surface area contributed by atoms with E-state index in [0.29, 0.717) is 25.6 Å². The Morgan fingerprint density at radius 2 is 1.79 bits per heavy atom. The minimum atomic E-state index is -0.535. The Hall–Kier alpha value is -2.41. The Kier molecular flexibility index (Phi) is 6.95. The monoisotopic (exact) mass is 448 g/mol. The first kappa shape index (κ1) is 22.4. The number of nitrogens with one attached hydrogen (secondary N) is 2. The Morgan fingerprint density at radius 1 is 1.00 bits per heavy atom. The van der Waals surface area contributed by atoms with Gasteiger partial charge >= 0.3 is 0 Å². The summed E-state index contributed by atoms with van der Waals surface area (Å²) in [6.07, 6.45) is 3.77. The number of rotatable bonds is 7. The molecule has 0 aliphatic carbocycles. The maximum atomic E-state index is 13.1. The number of hydrogen-bond donors (Lipinski definition) is 3. The molecule has 1 unspecified atom stereocenters. The molecule has 1 amide bonds. The van der Waals surface area contributed by atoms with E-state index < -0.39 is 6.10 Å². The van der Waals surface area contributed by atoms with E-state index in [1.54, 1.807) is 0 Å². The van der Waals surface area contributed by atoms with Crippen LogP contribution in [0, 0.1) is 5.92 Å².